The molecule has 4 atom stereocenters. The predicted molar refractivity (Wildman–Crippen MR) is 152 cm³/mol. The van der Waals surface area contributed by atoms with Crippen molar-refractivity contribution in [1.29, 1.82) is 0 Å². The highest BCUT2D eigenvalue weighted by Crippen LogP contribution is 2.66. The molecule has 0 fully saturated rings. The Hall–Kier alpha value is -3.32. The third-order valence-corrected chi connectivity index (χ3v) is 9.80. The van der Waals surface area contributed by atoms with E-state index in [1.165, 1.54) is 39.1 Å². The van der Waals surface area contributed by atoms with Gasteiger partial charge in [-0.25, -0.2) is 0 Å². The van der Waals surface area contributed by atoms with Gasteiger partial charge in [0.2, 0.25) is 0 Å². The van der Waals surface area contributed by atoms with Gasteiger partial charge < -0.3 is 5.32 Å². The third kappa shape index (κ3) is 2.51. The van der Waals surface area contributed by atoms with Gasteiger partial charge in [-0.15, -0.1) is 0 Å². The number of hydrogen-bond donors (Lipinski definition) is 1. The molecule has 1 heteroatoms. The summed E-state index contributed by atoms with van der Waals surface area (Å²) >= 11 is 0. The highest BCUT2D eigenvalue weighted by atomic mass is 15.0. The van der Waals surface area contributed by atoms with E-state index in [9.17, 15) is 0 Å². The van der Waals surface area contributed by atoms with E-state index >= 15 is 0 Å². The summed E-state index contributed by atoms with van der Waals surface area (Å²) in [4.78, 5) is 0. The molecule has 7 rings (SSSR count). The van der Waals surface area contributed by atoms with Gasteiger partial charge in [0.15, 0.2) is 0 Å². The average Bonchev–Trinajstić information content (AvgIpc) is 3.12. The number of allylic oxidation sites excluding steroid dienone is 4. The van der Waals surface area contributed by atoms with E-state index in [1.54, 1.807) is 16.7 Å². The van der Waals surface area contributed by atoms with Crippen LogP contribution in [0.4, 0.5) is 5.69 Å². The maximum absolute atomic E-state index is 4.15. The zero-order valence-corrected chi connectivity index (χ0v) is 22.2. The Morgan fingerprint density at radius 2 is 1.47 bits per heavy atom. The van der Waals surface area contributed by atoms with Crippen molar-refractivity contribution in [2.45, 2.75) is 57.9 Å². The van der Waals surface area contributed by atoms with E-state index in [2.05, 4.69) is 132 Å². The van der Waals surface area contributed by atoms with Crippen molar-refractivity contribution in [3.05, 3.63) is 118 Å². The van der Waals surface area contributed by atoms with Gasteiger partial charge in [-0.3, -0.25) is 0 Å². The third-order valence-electron chi connectivity index (χ3n) is 9.80. The Balaban J connectivity index is 1.53. The fraction of sp³-hybridized carbons (Fsp3) is 0.314. The van der Waals surface area contributed by atoms with Gasteiger partial charge in [0.05, 0.1) is 5.54 Å². The van der Waals surface area contributed by atoms with Crippen molar-refractivity contribution >= 4 is 11.3 Å². The normalized spacial score (nSPS) is 30.8. The molecule has 0 aromatic heterocycles. The second-order valence-electron chi connectivity index (χ2n) is 12.2. The molecule has 1 heterocycles. The molecular formula is C35H35N. The van der Waals surface area contributed by atoms with Gasteiger partial charge in [-0.05, 0) is 76.4 Å². The van der Waals surface area contributed by atoms with Crippen molar-refractivity contribution in [2.75, 3.05) is 5.32 Å². The van der Waals surface area contributed by atoms with Crippen molar-refractivity contribution in [3.63, 3.8) is 0 Å². The zero-order valence-electron chi connectivity index (χ0n) is 22.2. The first-order valence-electron chi connectivity index (χ1n) is 13.5. The quantitative estimate of drug-likeness (QED) is 0.351. The summed E-state index contributed by atoms with van der Waals surface area (Å²) in [7, 11) is 0. The van der Waals surface area contributed by atoms with Gasteiger partial charge in [0.25, 0.3) is 0 Å². The molecule has 0 saturated heterocycles. The fourth-order valence-corrected chi connectivity index (χ4v) is 8.41. The molecule has 1 aliphatic heterocycles. The highest BCUT2D eigenvalue weighted by molar-refractivity contribution is 5.95. The summed E-state index contributed by atoms with van der Waals surface area (Å²) in [5.41, 5.74) is 14.0. The van der Waals surface area contributed by atoms with E-state index < -0.39 is 0 Å². The molecule has 0 saturated carbocycles. The minimum absolute atomic E-state index is 0.0172. The van der Waals surface area contributed by atoms with E-state index in [0.29, 0.717) is 11.8 Å². The first-order valence-corrected chi connectivity index (χ1v) is 13.5. The second-order valence-corrected chi connectivity index (χ2v) is 12.2. The molecule has 0 amide bonds. The van der Waals surface area contributed by atoms with Crippen LogP contribution in [-0.4, -0.2) is 5.54 Å². The molecule has 0 bridgehead atoms. The molecular weight excluding hydrogens is 434 g/mol. The standard InChI is InChI=1S/C35H35N/c1-21-18-19-34(5)27-20-24(23-12-8-7-9-13-23)16-17-28(27)36-35(6)31-25-14-10-11-15-26(25)33(3,4)30(31)22(2)29(21)32(34)35/h7-22,36H,1-6H3. The minimum atomic E-state index is -0.254. The zero-order chi connectivity index (χ0) is 25.0. The molecule has 0 radical (unpaired) electrons. The summed E-state index contributed by atoms with van der Waals surface area (Å²) in [6, 6.07) is 27.0. The Bertz CT molecular complexity index is 1530. The summed E-state index contributed by atoms with van der Waals surface area (Å²) < 4.78 is 0. The number of nitrogens with one attached hydrogen (secondary N) is 1. The van der Waals surface area contributed by atoms with Gasteiger partial charge in [-0.2, -0.15) is 0 Å². The SMILES string of the molecule is CC1C=CC2(C)C3=C1C(C)C1=C(c4ccccc4C1(C)C)C3(C)Nc1ccc(-c3ccccc3)cc12. The minimum Gasteiger partial charge on any atom is -0.372 e. The fourth-order valence-electron chi connectivity index (χ4n) is 8.41. The number of fused-ring (bicyclic) bond motifs is 5. The van der Waals surface area contributed by atoms with E-state index in [4.69, 9.17) is 0 Å². The Kier molecular flexibility index (Phi) is 4.21. The number of rotatable bonds is 1. The van der Waals surface area contributed by atoms with Crippen LogP contribution in [0.15, 0.2) is 102 Å². The summed E-state index contributed by atoms with van der Waals surface area (Å²) in [6.07, 6.45) is 4.98. The van der Waals surface area contributed by atoms with Crippen molar-refractivity contribution in [3.8, 4) is 11.1 Å². The number of hydrogen-bond acceptors (Lipinski definition) is 1. The Morgan fingerprint density at radius 3 is 2.25 bits per heavy atom. The predicted octanol–water partition coefficient (Wildman–Crippen LogP) is 8.69. The van der Waals surface area contributed by atoms with Crippen LogP contribution in [0.3, 0.4) is 0 Å². The van der Waals surface area contributed by atoms with Crippen LogP contribution < -0.4 is 5.32 Å². The summed E-state index contributed by atoms with van der Waals surface area (Å²) in [5.74, 6) is 0.835. The highest BCUT2D eigenvalue weighted by Gasteiger charge is 2.58. The Morgan fingerprint density at radius 1 is 0.750 bits per heavy atom. The Labute approximate surface area is 215 Å². The lowest BCUT2D eigenvalue weighted by atomic mass is 9.52. The lowest BCUT2D eigenvalue weighted by Crippen LogP contribution is -2.54. The molecule has 1 nitrogen and oxygen atoms in total. The van der Waals surface area contributed by atoms with Crippen molar-refractivity contribution < 1.29 is 0 Å². The number of anilines is 1. The van der Waals surface area contributed by atoms with Crippen LogP contribution in [0.25, 0.3) is 16.7 Å². The average molecular weight is 470 g/mol. The van der Waals surface area contributed by atoms with E-state index in [0.717, 1.165) is 0 Å². The molecule has 3 aromatic rings. The molecule has 4 aliphatic rings. The van der Waals surface area contributed by atoms with Crippen molar-refractivity contribution in [2.24, 2.45) is 11.8 Å². The molecule has 4 unspecified atom stereocenters. The smallest absolute Gasteiger partial charge is 0.0831 e. The van der Waals surface area contributed by atoms with E-state index in [-0.39, 0.29) is 16.4 Å². The van der Waals surface area contributed by atoms with Crippen LogP contribution in [0.1, 0.15) is 58.2 Å². The van der Waals surface area contributed by atoms with Crippen LogP contribution in [0.2, 0.25) is 0 Å². The van der Waals surface area contributed by atoms with Gasteiger partial charge >= 0.3 is 0 Å². The lowest BCUT2D eigenvalue weighted by molar-refractivity contribution is 0.463. The first kappa shape index (κ1) is 21.9. The molecule has 180 valence electrons. The monoisotopic (exact) mass is 469 g/mol. The van der Waals surface area contributed by atoms with E-state index in [1.807, 2.05) is 0 Å². The topological polar surface area (TPSA) is 12.0 Å². The maximum atomic E-state index is 4.15. The summed E-state index contributed by atoms with van der Waals surface area (Å²) in [5, 5.41) is 4.15. The number of benzene rings is 3. The van der Waals surface area contributed by atoms with Gasteiger partial charge in [-0.1, -0.05) is 106 Å². The van der Waals surface area contributed by atoms with Crippen molar-refractivity contribution in [1.82, 2.24) is 0 Å². The van der Waals surface area contributed by atoms with Crippen LogP contribution >= 0.6 is 0 Å². The first-order chi connectivity index (χ1) is 17.2. The molecule has 3 aliphatic carbocycles. The lowest BCUT2D eigenvalue weighted by Gasteiger charge is -2.56. The van der Waals surface area contributed by atoms with Crippen LogP contribution in [0, 0.1) is 11.8 Å². The van der Waals surface area contributed by atoms with Gasteiger partial charge in [0, 0.05) is 22.4 Å². The molecule has 0 spiro atoms. The second kappa shape index (κ2) is 6.91. The molecule has 3 aromatic carbocycles. The van der Waals surface area contributed by atoms with Gasteiger partial charge in [0.1, 0.15) is 0 Å². The molecule has 1 N–H and O–H groups in total. The molecule has 36 heavy (non-hydrogen) atoms. The van der Waals surface area contributed by atoms with Crippen LogP contribution in [0.5, 0.6) is 0 Å². The van der Waals surface area contributed by atoms with Crippen LogP contribution in [-0.2, 0) is 10.8 Å². The maximum Gasteiger partial charge on any atom is 0.0831 e. The largest absolute Gasteiger partial charge is 0.372 e. The summed E-state index contributed by atoms with van der Waals surface area (Å²) in [6.45, 7) is 14.7.